The number of anilines is 1. The molecule has 2 atom stereocenters. The quantitative estimate of drug-likeness (QED) is 0.829. The predicted octanol–water partition coefficient (Wildman–Crippen LogP) is 2.96. The lowest BCUT2D eigenvalue weighted by Crippen LogP contribution is -2.32. The number of fused-ring (bicyclic) bond motifs is 1. The molecule has 0 aliphatic carbocycles. The lowest BCUT2D eigenvalue weighted by atomic mass is 10.1. The summed E-state index contributed by atoms with van der Waals surface area (Å²) >= 11 is 1.89. The molecule has 0 amide bonds. The van der Waals surface area contributed by atoms with Gasteiger partial charge in [-0.3, -0.25) is 0 Å². The maximum atomic E-state index is 9.04. The Hall–Kier alpha value is -0.670. The minimum Gasteiger partial charge on any atom is -0.396 e. The number of aliphatic hydroxyl groups is 1. The average Bonchev–Trinajstić information content (AvgIpc) is 2.23. The van der Waals surface area contributed by atoms with Gasteiger partial charge in [0.15, 0.2) is 0 Å². The molecule has 1 aliphatic rings. The minimum absolute atomic E-state index is 0.268. The first-order chi connectivity index (χ1) is 7.61. The fourth-order valence-electron chi connectivity index (χ4n) is 2.04. The highest BCUT2D eigenvalue weighted by Crippen LogP contribution is 2.40. The molecular weight excluding hydrogens is 218 g/mol. The van der Waals surface area contributed by atoms with Crippen molar-refractivity contribution in [3.8, 4) is 0 Å². The van der Waals surface area contributed by atoms with Crippen molar-refractivity contribution in [2.24, 2.45) is 0 Å². The Morgan fingerprint density at radius 2 is 2.00 bits per heavy atom. The summed E-state index contributed by atoms with van der Waals surface area (Å²) < 4.78 is 0. The molecule has 0 saturated heterocycles. The van der Waals surface area contributed by atoms with Crippen molar-refractivity contribution in [2.75, 3.05) is 11.9 Å². The Labute approximate surface area is 101 Å². The molecule has 2 unspecified atom stereocenters. The Morgan fingerprint density at radius 1 is 1.31 bits per heavy atom. The molecular formula is C13H19NOS. The Kier molecular flexibility index (Phi) is 3.45. The Morgan fingerprint density at radius 3 is 2.69 bits per heavy atom. The number of hydrogen-bond acceptors (Lipinski definition) is 3. The summed E-state index contributed by atoms with van der Waals surface area (Å²) in [6, 6.07) is 4.90. The van der Waals surface area contributed by atoms with Crippen molar-refractivity contribution >= 4 is 17.4 Å². The topological polar surface area (TPSA) is 32.3 Å². The predicted molar refractivity (Wildman–Crippen MR) is 70.3 cm³/mol. The number of nitrogens with one attached hydrogen (secondary N) is 1. The van der Waals surface area contributed by atoms with Crippen molar-refractivity contribution in [3.63, 3.8) is 0 Å². The van der Waals surface area contributed by atoms with Crippen molar-refractivity contribution < 1.29 is 5.11 Å². The molecule has 3 heteroatoms. The number of rotatable bonds is 2. The summed E-state index contributed by atoms with van der Waals surface area (Å²) in [5.74, 6) is 0. The number of thioether (sulfide) groups is 1. The fraction of sp³-hybridized carbons (Fsp3) is 0.538. The molecule has 2 nitrogen and oxygen atoms in total. The van der Waals surface area contributed by atoms with Gasteiger partial charge in [0.1, 0.15) is 0 Å². The third kappa shape index (κ3) is 2.20. The molecule has 1 aromatic rings. The first-order valence-electron chi connectivity index (χ1n) is 5.77. The van der Waals surface area contributed by atoms with Crippen LogP contribution in [0.15, 0.2) is 17.0 Å². The van der Waals surface area contributed by atoms with Crippen LogP contribution in [-0.2, 0) is 0 Å². The van der Waals surface area contributed by atoms with E-state index < -0.39 is 0 Å². The van der Waals surface area contributed by atoms with E-state index in [1.165, 1.54) is 21.7 Å². The van der Waals surface area contributed by atoms with Crippen LogP contribution < -0.4 is 5.32 Å². The second-order valence-electron chi connectivity index (χ2n) is 4.53. The molecule has 2 N–H and O–H groups in total. The van der Waals surface area contributed by atoms with Gasteiger partial charge in [-0.1, -0.05) is 0 Å². The van der Waals surface area contributed by atoms with Crippen LogP contribution in [0.4, 0.5) is 5.69 Å². The average molecular weight is 237 g/mol. The van der Waals surface area contributed by atoms with Crippen molar-refractivity contribution in [1.82, 2.24) is 0 Å². The van der Waals surface area contributed by atoms with E-state index in [2.05, 4.69) is 38.2 Å². The summed E-state index contributed by atoms with van der Waals surface area (Å²) in [5, 5.41) is 13.0. The zero-order valence-corrected chi connectivity index (χ0v) is 10.9. The second-order valence-corrected chi connectivity index (χ2v) is 5.82. The largest absolute Gasteiger partial charge is 0.396 e. The molecule has 0 radical (unpaired) electrons. The van der Waals surface area contributed by atoms with Gasteiger partial charge in [0, 0.05) is 28.5 Å². The van der Waals surface area contributed by atoms with Crippen LogP contribution in [0.5, 0.6) is 0 Å². The molecule has 1 heterocycles. The van der Waals surface area contributed by atoms with Gasteiger partial charge in [-0.2, -0.15) is 0 Å². The third-order valence-electron chi connectivity index (χ3n) is 3.23. The number of aryl methyl sites for hydroxylation is 2. The molecule has 1 aliphatic heterocycles. The number of benzene rings is 1. The first kappa shape index (κ1) is 11.8. The molecule has 0 fully saturated rings. The molecule has 2 rings (SSSR count). The SMILES string of the molecule is Cc1cc2c(cc1C)SC(CCO)C(C)N2. The maximum absolute atomic E-state index is 9.04. The van der Waals surface area contributed by atoms with E-state index in [9.17, 15) is 0 Å². The molecule has 0 aromatic heterocycles. The smallest absolute Gasteiger partial charge is 0.0483 e. The van der Waals surface area contributed by atoms with Crippen molar-refractivity contribution in [3.05, 3.63) is 23.3 Å². The standard InChI is InChI=1S/C13H19NOS/c1-8-6-11-13(7-9(8)2)16-12(4-5-15)10(3)14-11/h6-7,10,12,14-15H,4-5H2,1-3H3. The highest BCUT2D eigenvalue weighted by molar-refractivity contribution is 8.00. The van der Waals surface area contributed by atoms with Gasteiger partial charge >= 0.3 is 0 Å². The highest BCUT2D eigenvalue weighted by atomic mass is 32.2. The van der Waals surface area contributed by atoms with E-state index in [1.54, 1.807) is 0 Å². The summed E-state index contributed by atoms with van der Waals surface area (Å²) in [7, 11) is 0. The Bertz CT molecular complexity index is 392. The summed E-state index contributed by atoms with van der Waals surface area (Å²) in [6.07, 6.45) is 0.852. The van der Waals surface area contributed by atoms with E-state index in [0.29, 0.717) is 11.3 Å². The molecule has 0 spiro atoms. The monoisotopic (exact) mass is 237 g/mol. The lowest BCUT2D eigenvalue weighted by molar-refractivity contribution is 0.284. The normalized spacial score (nSPS) is 23.8. The van der Waals surface area contributed by atoms with Gasteiger partial charge < -0.3 is 10.4 Å². The fourth-order valence-corrected chi connectivity index (χ4v) is 3.35. The van der Waals surface area contributed by atoms with Crippen LogP contribution in [0.2, 0.25) is 0 Å². The van der Waals surface area contributed by atoms with Gasteiger partial charge in [0.2, 0.25) is 0 Å². The van der Waals surface area contributed by atoms with Crippen LogP contribution in [0.25, 0.3) is 0 Å². The third-order valence-corrected chi connectivity index (χ3v) is 4.77. The van der Waals surface area contributed by atoms with E-state index in [-0.39, 0.29) is 6.61 Å². The number of hydrogen-bond donors (Lipinski definition) is 2. The maximum Gasteiger partial charge on any atom is 0.0483 e. The summed E-state index contributed by atoms with van der Waals surface area (Å²) in [5.41, 5.74) is 3.92. The second kappa shape index (κ2) is 4.68. The molecule has 88 valence electrons. The van der Waals surface area contributed by atoms with Crippen LogP contribution in [0, 0.1) is 13.8 Å². The first-order valence-corrected chi connectivity index (χ1v) is 6.65. The van der Waals surface area contributed by atoms with Crippen molar-refractivity contribution in [2.45, 2.75) is 43.4 Å². The van der Waals surface area contributed by atoms with E-state index in [1.807, 2.05) is 11.8 Å². The van der Waals surface area contributed by atoms with Crippen LogP contribution in [0.3, 0.4) is 0 Å². The zero-order valence-electron chi connectivity index (χ0n) is 10.1. The van der Waals surface area contributed by atoms with E-state index in [0.717, 1.165) is 6.42 Å². The molecule has 0 saturated carbocycles. The van der Waals surface area contributed by atoms with Gasteiger partial charge in [0.25, 0.3) is 0 Å². The van der Waals surface area contributed by atoms with Gasteiger partial charge in [-0.05, 0) is 50.5 Å². The molecule has 16 heavy (non-hydrogen) atoms. The van der Waals surface area contributed by atoms with Gasteiger partial charge in [0.05, 0.1) is 0 Å². The van der Waals surface area contributed by atoms with Crippen LogP contribution >= 0.6 is 11.8 Å². The summed E-state index contributed by atoms with van der Waals surface area (Å²) in [4.78, 5) is 1.32. The highest BCUT2D eigenvalue weighted by Gasteiger charge is 2.25. The lowest BCUT2D eigenvalue weighted by Gasteiger charge is -2.32. The van der Waals surface area contributed by atoms with Gasteiger partial charge in [-0.25, -0.2) is 0 Å². The summed E-state index contributed by atoms with van der Waals surface area (Å²) in [6.45, 7) is 6.75. The van der Waals surface area contributed by atoms with Crippen LogP contribution in [0.1, 0.15) is 24.5 Å². The van der Waals surface area contributed by atoms with E-state index >= 15 is 0 Å². The van der Waals surface area contributed by atoms with E-state index in [4.69, 9.17) is 5.11 Å². The molecule has 0 bridgehead atoms. The van der Waals surface area contributed by atoms with Crippen LogP contribution in [-0.4, -0.2) is 23.0 Å². The van der Waals surface area contributed by atoms with Gasteiger partial charge in [-0.15, -0.1) is 11.8 Å². The minimum atomic E-state index is 0.268. The Balaban J connectivity index is 2.28. The number of aliphatic hydroxyl groups excluding tert-OH is 1. The zero-order chi connectivity index (χ0) is 11.7. The van der Waals surface area contributed by atoms with Crippen molar-refractivity contribution in [1.29, 1.82) is 0 Å². The molecule has 1 aromatic carbocycles.